The molecule has 1 N–H and O–H groups in total. The van der Waals surface area contributed by atoms with Crippen molar-refractivity contribution in [3.8, 4) is 0 Å². The molecule has 0 saturated heterocycles. The van der Waals surface area contributed by atoms with Gasteiger partial charge in [0.2, 0.25) is 0 Å². The van der Waals surface area contributed by atoms with Gasteiger partial charge in [-0.25, -0.2) is 8.42 Å². The summed E-state index contributed by atoms with van der Waals surface area (Å²) >= 11 is 0. The lowest BCUT2D eigenvalue weighted by Crippen LogP contribution is -2.35. The molecule has 0 aliphatic heterocycles. The topological polar surface area (TPSA) is 46.2 Å². The Morgan fingerprint density at radius 2 is 2.00 bits per heavy atom. The summed E-state index contributed by atoms with van der Waals surface area (Å²) in [5, 5.41) is 3.30. The molecule has 90 valence electrons. The summed E-state index contributed by atoms with van der Waals surface area (Å²) < 4.78 is 22.9. The lowest BCUT2D eigenvalue weighted by molar-refractivity contribution is 0.334. The Bertz CT molecular complexity index is 285. The van der Waals surface area contributed by atoms with Crippen molar-refractivity contribution in [3.63, 3.8) is 0 Å². The van der Waals surface area contributed by atoms with Gasteiger partial charge in [0.15, 0.2) is 0 Å². The van der Waals surface area contributed by atoms with Gasteiger partial charge in [-0.1, -0.05) is 20.3 Å². The number of hydrogen-bond acceptors (Lipinski definition) is 3. The first-order valence-corrected chi connectivity index (χ1v) is 7.77. The predicted molar refractivity (Wildman–Crippen MR) is 63.7 cm³/mol. The van der Waals surface area contributed by atoms with E-state index in [1.807, 2.05) is 0 Å². The van der Waals surface area contributed by atoms with Crippen LogP contribution in [0.2, 0.25) is 0 Å². The van der Waals surface area contributed by atoms with E-state index < -0.39 is 9.84 Å². The molecule has 0 amide bonds. The molecule has 0 spiro atoms. The van der Waals surface area contributed by atoms with Gasteiger partial charge in [0.25, 0.3) is 0 Å². The molecule has 2 atom stereocenters. The fraction of sp³-hybridized carbons (Fsp3) is 1.00. The fourth-order valence-electron chi connectivity index (χ4n) is 2.22. The first-order chi connectivity index (χ1) is 6.89. The normalized spacial score (nSPS) is 28.3. The number of sulfone groups is 1. The van der Waals surface area contributed by atoms with Crippen molar-refractivity contribution in [3.05, 3.63) is 0 Å². The van der Waals surface area contributed by atoms with Gasteiger partial charge in [0.05, 0.1) is 5.25 Å². The highest BCUT2D eigenvalue weighted by molar-refractivity contribution is 7.91. The van der Waals surface area contributed by atoms with Crippen molar-refractivity contribution < 1.29 is 8.42 Å². The molecule has 0 heterocycles. The van der Waals surface area contributed by atoms with Crippen molar-refractivity contribution >= 4 is 9.84 Å². The van der Waals surface area contributed by atoms with Crippen molar-refractivity contribution in [2.45, 2.75) is 50.8 Å². The van der Waals surface area contributed by atoms with Crippen LogP contribution >= 0.6 is 0 Å². The molecule has 0 bridgehead atoms. The molecule has 0 aromatic heterocycles. The number of rotatable bonds is 4. The van der Waals surface area contributed by atoms with Crippen LogP contribution in [-0.4, -0.2) is 32.5 Å². The zero-order valence-electron chi connectivity index (χ0n) is 9.99. The summed E-state index contributed by atoms with van der Waals surface area (Å²) in [5.74, 6) is 0.542. The van der Waals surface area contributed by atoms with Crippen LogP contribution in [0.15, 0.2) is 0 Å². The minimum atomic E-state index is -2.83. The van der Waals surface area contributed by atoms with Crippen LogP contribution < -0.4 is 5.32 Å². The molecule has 1 saturated carbocycles. The Morgan fingerprint density at radius 3 is 2.53 bits per heavy atom. The van der Waals surface area contributed by atoms with Gasteiger partial charge in [-0.2, -0.15) is 0 Å². The highest BCUT2D eigenvalue weighted by Crippen LogP contribution is 2.27. The zero-order valence-corrected chi connectivity index (χ0v) is 10.8. The minimum absolute atomic E-state index is 0.0924. The van der Waals surface area contributed by atoms with E-state index in [2.05, 4.69) is 19.2 Å². The predicted octanol–water partition coefficient (Wildman–Crippen LogP) is 1.59. The van der Waals surface area contributed by atoms with E-state index in [-0.39, 0.29) is 5.25 Å². The van der Waals surface area contributed by atoms with E-state index in [1.54, 1.807) is 0 Å². The molecule has 3 nitrogen and oxygen atoms in total. The van der Waals surface area contributed by atoms with Crippen LogP contribution in [0, 0.1) is 5.92 Å². The third-order valence-electron chi connectivity index (χ3n) is 3.15. The molecular weight excluding hydrogens is 210 g/mol. The van der Waals surface area contributed by atoms with E-state index in [4.69, 9.17) is 0 Å². The van der Waals surface area contributed by atoms with Crippen LogP contribution in [0.25, 0.3) is 0 Å². The van der Waals surface area contributed by atoms with Crippen molar-refractivity contribution in [1.82, 2.24) is 5.32 Å². The summed E-state index contributed by atoms with van der Waals surface area (Å²) in [5.41, 5.74) is 0. The van der Waals surface area contributed by atoms with Gasteiger partial charge in [0, 0.05) is 12.3 Å². The maximum absolute atomic E-state index is 11.4. The summed E-state index contributed by atoms with van der Waals surface area (Å²) in [6, 6.07) is 0.489. The molecule has 1 aliphatic rings. The van der Waals surface area contributed by atoms with Crippen molar-refractivity contribution in [2.24, 2.45) is 5.92 Å². The van der Waals surface area contributed by atoms with E-state index in [0.29, 0.717) is 12.0 Å². The Labute approximate surface area is 93.6 Å². The summed E-state index contributed by atoms with van der Waals surface area (Å²) in [6.07, 6.45) is 5.30. The number of nitrogens with one attached hydrogen (secondary N) is 1. The molecule has 0 radical (unpaired) electrons. The first-order valence-electron chi connectivity index (χ1n) is 5.82. The van der Waals surface area contributed by atoms with E-state index in [9.17, 15) is 8.42 Å². The van der Waals surface area contributed by atoms with Gasteiger partial charge >= 0.3 is 0 Å². The minimum Gasteiger partial charge on any atom is -0.314 e. The Hall–Kier alpha value is -0.0900. The summed E-state index contributed by atoms with van der Waals surface area (Å²) in [4.78, 5) is 0. The van der Waals surface area contributed by atoms with Crippen LogP contribution in [0.1, 0.15) is 39.5 Å². The lowest BCUT2D eigenvalue weighted by Gasteiger charge is -2.28. The molecule has 4 heteroatoms. The SMILES string of the molecule is CC(C)NCC1CCCC(S(C)(=O)=O)C1. The van der Waals surface area contributed by atoms with Crippen LogP contribution in [0.4, 0.5) is 0 Å². The van der Waals surface area contributed by atoms with Gasteiger partial charge in [-0.05, 0) is 31.7 Å². The highest BCUT2D eigenvalue weighted by atomic mass is 32.2. The van der Waals surface area contributed by atoms with Gasteiger partial charge < -0.3 is 5.32 Å². The summed E-state index contributed by atoms with van der Waals surface area (Å²) in [7, 11) is -2.83. The monoisotopic (exact) mass is 233 g/mol. The standard InChI is InChI=1S/C11H23NO2S/c1-9(2)12-8-10-5-4-6-11(7-10)15(3,13)14/h9-12H,4-8H2,1-3H3. The largest absolute Gasteiger partial charge is 0.314 e. The molecule has 0 aromatic carbocycles. The van der Waals surface area contributed by atoms with Crippen LogP contribution in [-0.2, 0) is 9.84 Å². The van der Waals surface area contributed by atoms with Crippen molar-refractivity contribution in [1.29, 1.82) is 0 Å². The Balaban J connectivity index is 2.43. The maximum Gasteiger partial charge on any atom is 0.150 e. The van der Waals surface area contributed by atoms with Crippen molar-refractivity contribution in [2.75, 3.05) is 12.8 Å². The molecular formula is C11H23NO2S. The smallest absolute Gasteiger partial charge is 0.150 e. The van der Waals surface area contributed by atoms with E-state index in [1.165, 1.54) is 12.7 Å². The second-order valence-corrected chi connectivity index (χ2v) is 7.37. The van der Waals surface area contributed by atoms with Crippen LogP contribution in [0.5, 0.6) is 0 Å². The average molecular weight is 233 g/mol. The average Bonchev–Trinajstić information content (AvgIpc) is 2.14. The molecule has 1 fully saturated rings. The van der Waals surface area contributed by atoms with Gasteiger partial charge in [-0.15, -0.1) is 0 Å². The van der Waals surface area contributed by atoms with Gasteiger partial charge in [-0.3, -0.25) is 0 Å². The third kappa shape index (κ3) is 4.51. The maximum atomic E-state index is 11.4. The Morgan fingerprint density at radius 1 is 1.33 bits per heavy atom. The molecule has 1 rings (SSSR count). The van der Waals surface area contributed by atoms with E-state index in [0.717, 1.165) is 25.8 Å². The second-order valence-electron chi connectivity index (χ2n) is 5.05. The van der Waals surface area contributed by atoms with Gasteiger partial charge in [0.1, 0.15) is 9.84 Å². The second kappa shape index (κ2) is 5.30. The highest BCUT2D eigenvalue weighted by Gasteiger charge is 2.28. The Kier molecular flexibility index (Phi) is 4.59. The summed E-state index contributed by atoms with van der Waals surface area (Å²) in [6.45, 7) is 5.21. The van der Waals surface area contributed by atoms with E-state index >= 15 is 0 Å². The third-order valence-corrected chi connectivity index (χ3v) is 4.79. The first kappa shape index (κ1) is 13.0. The number of hydrogen-bond donors (Lipinski definition) is 1. The molecule has 0 aromatic rings. The fourth-order valence-corrected chi connectivity index (χ4v) is 3.43. The lowest BCUT2D eigenvalue weighted by atomic mass is 9.89. The molecule has 15 heavy (non-hydrogen) atoms. The molecule has 1 aliphatic carbocycles. The quantitative estimate of drug-likeness (QED) is 0.802. The molecule has 2 unspecified atom stereocenters. The van der Waals surface area contributed by atoms with Crippen LogP contribution in [0.3, 0.4) is 0 Å². The zero-order chi connectivity index (χ0) is 11.5.